The van der Waals surface area contributed by atoms with Gasteiger partial charge in [-0.3, -0.25) is 14.2 Å². The summed E-state index contributed by atoms with van der Waals surface area (Å²) in [4.78, 5) is 28.0. The monoisotopic (exact) mass is 353 g/mol. The Hall–Kier alpha value is -2.73. The van der Waals surface area contributed by atoms with Gasteiger partial charge in [0.1, 0.15) is 0 Å². The van der Waals surface area contributed by atoms with Gasteiger partial charge in [-0.05, 0) is 49.8 Å². The molecule has 0 aliphatic rings. The number of nitrogens with one attached hydrogen (secondary N) is 2. The first-order chi connectivity index (χ1) is 12.0. The maximum atomic E-state index is 12.5. The van der Waals surface area contributed by atoms with Crippen molar-refractivity contribution < 1.29 is 4.79 Å². The minimum absolute atomic E-state index is 0.115. The summed E-state index contributed by atoms with van der Waals surface area (Å²) in [7, 11) is 0. The van der Waals surface area contributed by atoms with Gasteiger partial charge in [0.05, 0.1) is 16.9 Å². The molecule has 2 aromatic carbocycles. The van der Waals surface area contributed by atoms with Gasteiger partial charge >= 0.3 is 0 Å². The zero-order valence-corrected chi connectivity index (χ0v) is 14.9. The molecule has 0 bridgehead atoms. The van der Waals surface area contributed by atoms with Crippen LogP contribution in [0.25, 0.3) is 10.9 Å². The summed E-state index contributed by atoms with van der Waals surface area (Å²) in [5, 5.41) is 3.48. The van der Waals surface area contributed by atoms with E-state index in [0.717, 1.165) is 5.56 Å². The Morgan fingerprint density at radius 1 is 1.24 bits per heavy atom. The Morgan fingerprint density at radius 2 is 1.96 bits per heavy atom. The zero-order valence-electron chi connectivity index (χ0n) is 14.1. The molecule has 128 valence electrons. The smallest absolute Gasteiger partial charge is 0.262 e. The lowest BCUT2D eigenvalue weighted by molar-refractivity contribution is 0.0940. The number of fused-ring (bicyclic) bond motifs is 1. The van der Waals surface area contributed by atoms with Crippen LogP contribution >= 0.6 is 12.2 Å². The summed E-state index contributed by atoms with van der Waals surface area (Å²) in [5.74, 6) is -0.197. The summed E-state index contributed by atoms with van der Waals surface area (Å²) < 4.78 is 1.85. The minimum Gasteiger partial charge on any atom is -0.346 e. The van der Waals surface area contributed by atoms with Gasteiger partial charge in [0, 0.05) is 12.1 Å². The van der Waals surface area contributed by atoms with Crippen molar-refractivity contribution in [2.75, 3.05) is 0 Å². The van der Waals surface area contributed by atoms with Crippen LogP contribution in [0.1, 0.15) is 35.8 Å². The summed E-state index contributed by atoms with van der Waals surface area (Å²) >= 11 is 5.22. The van der Waals surface area contributed by atoms with Crippen molar-refractivity contribution in [3.05, 3.63) is 74.8 Å². The molecular weight excluding hydrogens is 334 g/mol. The Bertz CT molecular complexity index is 1040. The average molecular weight is 353 g/mol. The van der Waals surface area contributed by atoms with Gasteiger partial charge in [-0.15, -0.1) is 0 Å². The number of benzene rings is 2. The number of carbonyl (C=O) groups excluding carboxylic acids is 1. The molecule has 1 atom stereocenters. The molecule has 0 fully saturated rings. The molecule has 0 aliphatic carbocycles. The van der Waals surface area contributed by atoms with Gasteiger partial charge in [0.2, 0.25) is 0 Å². The van der Waals surface area contributed by atoms with Crippen LogP contribution in [-0.4, -0.2) is 15.5 Å². The number of aromatic amines is 1. The molecule has 1 amide bonds. The average Bonchev–Trinajstić information content (AvgIpc) is 2.62. The van der Waals surface area contributed by atoms with Gasteiger partial charge in [-0.2, -0.15) is 0 Å². The molecule has 0 spiro atoms. The summed E-state index contributed by atoms with van der Waals surface area (Å²) in [6, 6.07) is 14.6. The third-order valence-electron chi connectivity index (χ3n) is 4.21. The molecule has 0 saturated carbocycles. The van der Waals surface area contributed by atoms with Crippen LogP contribution in [0.3, 0.4) is 0 Å². The molecule has 1 aromatic heterocycles. The van der Waals surface area contributed by atoms with E-state index in [2.05, 4.69) is 10.3 Å². The lowest BCUT2D eigenvalue weighted by atomic mass is 10.1. The highest BCUT2D eigenvalue weighted by Crippen LogP contribution is 2.15. The van der Waals surface area contributed by atoms with Crippen LogP contribution in [0, 0.1) is 4.77 Å². The molecule has 0 radical (unpaired) electrons. The van der Waals surface area contributed by atoms with Crippen molar-refractivity contribution in [1.82, 2.24) is 14.9 Å². The van der Waals surface area contributed by atoms with Gasteiger partial charge in [-0.25, -0.2) is 0 Å². The number of hydrogen-bond acceptors (Lipinski definition) is 3. The lowest BCUT2D eigenvalue weighted by Crippen LogP contribution is -2.27. The van der Waals surface area contributed by atoms with Gasteiger partial charge in [0.25, 0.3) is 11.5 Å². The SMILES string of the molecule is CCn1c(=S)[nH]c2cc(C(=O)N[C@@H](C)c3ccccc3)ccc2c1=O. The fraction of sp³-hybridized carbons (Fsp3) is 0.211. The maximum Gasteiger partial charge on any atom is 0.262 e. The van der Waals surface area contributed by atoms with Gasteiger partial charge in [0.15, 0.2) is 4.77 Å². The van der Waals surface area contributed by atoms with Gasteiger partial charge in [-0.1, -0.05) is 30.3 Å². The molecule has 2 N–H and O–H groups in total. The molecule has 0 unspecified atom stereocenters. The standard InChI is InChI=1S/C19H19N3O2S/c1-3-22-18(24)15-10-9-14(11-16(15)21-19(22)25)17(23)20-12(2)13-7-5-4-6-8-13/h4-12H,3H2,1-2H3,(H,20,23)(H,21,25)/t12-/m0/s1. The van der Waals surface area contributed by atoms with E-state index in [1.807, 2.05) is 44.2 Å². The van der Waals surface area contributed by atoms with Crippen LogP contribution in [0.2, 0.25) is 0 Å². The van der Waals surface area contributed by atoms with Crippen molar-refractivity contribution in [3.63, 3.8) is 0 Å². The van der Waals surface area contributed by atoms with E-state index in [0.29, 0.717) is 27.8 Å². The predicted molar refractivity (Wildman–Crippen MR) is 101 cm³/mol. The second-order valence-corrected chi connectivity index (χ2v) is 6.23. The lowest BCUT2D eigenvalue weighted by Gasteiger charge is -2.14. The molecule has 0 aliphatic heterocycles. The second-order valence-electron chi connectivity index (χ2n) is 5.85. The highest BCUT2D eigenvalue weighted by atomic mass is 32.1. The van der Waals surface area contributed by atoms with E-state index >= 15 is 0 Å². The number of amides is 1. The molecule has 5 nitrogen and oxygen atoms in total. The minimum atomic E-state index is -0.197. The van der Waals surface area contributed by atoms with Crippen LogP contribution in [0.15, 0.2) is 53.3 Å². The van der Waals surface area contributed by atoms with E-state index in [1.54, 1.807) is 18.2 Å². The molecule has 0 saturated heterocycles. The largest absolute Gasteiger partial charge is 0.346 e. The number of H-pyrrole nitrogens is 1. The third-order valence-corrected chi connectivity index (χ3v) is 4.53. The first-order valence-electron chi connectivity index (χ1n) is 8.14. The molecule has 6 heteroatoms. The first kappa shape index (κ1) is 17.1. The summed E-state index contributed by atoms with van der Waals surface area (Å²) in [5.41, 5.74) is 1.93. The Labute approximate surface area is 150 Å². The third kappa shape index (κ3) is 3.39. The Balaban J connectivity index is 1.93. The van der Waals surface area contributed by atoms with Crippen LogP contribution in [0.4, 0.5) is 0 Å². The Kier molecular flexibility index (Phi) is 4.81. The molecule has 3 aromatic rings. The maximum absolute atomic E-state index is 12.5. The van der Waals surface area contributed by atoms with E-state index in [-0.39, 0.29) is 17.5 Å². The Morgan fingerprint density at radius 3 is 2.64 bits per heavy atom. The second kappa shape index (κ2) is 7.03. The number of nitrogens with zero attached hydrogens (tertiary/aromatic N) is 1. The van der Waals surface area contributed by atoms with E-state index in [9.17, 15) is 9.59 Å². The summed E-state index contributed by atoms with van der Waals surface area (Å²) in [6.45, 7) is 4.30. The van der Waals surface area contributed by atoms with Crippen molar-refractivity contribution in [2.45, 2.75) is 26.4 Å². The topological polar surface area (TPSA) is 66.9 Å². The van der Waals surface area contributed by atoms with E-state index < -0.39 is 0 Å². The summed E-state index contributed by atoms with van der Waals surface area (Å²) in [6.07, 6.45) is 0. The van der Waals surface area contributed by atoms with Crippen LogP contribution < -0.4 is 10.9 Å². The molecular formula is C19H19N3O2S. The highest BCUT2D eigenvalue weighted by Gasteiger charge is 2.13. The molecule has 25 heavy (non-hydrogen) atoms. The number of rotatable bonds is 4. The number of carbonyl (C=O) groups is 1. The predicted octanol–water partition coefficient (Wildman–Crippen LogP) is 3.57. The first-order valence-corrected chi connectivity index (χ1v) is 8.54. The highest BCUT2D eigenvalue weighted by molar-refractivity contribution is 7.71. The number of aromatic nitrogens is 2. The fourth-order valence-electron chi connectivity index (χ4n) is 2.79. The zero-order chi connectivity index (χ0) is 18.0. The normalized spacial score (nSPS) is 12.1. The molecule has 1 heterocycles. The van der Waals surface area contributed by atoms with Crippen molar-refractivity contribution in [3.8, 4) is 0 Å². The number of hydrogen-bond donors (Lipinski definition) is 2. The van der Waals surface area contributed by atoms with E-state index in [4.69, 9.17) is 12.2 Å². The van der Waals surface area contributed by atoms with Crippen molar-refractivity contribution in [2.24, 2.45) is 0 Å². The van der Waals surface area contributed by atoms with Gasteiger partial charge < -0.3 is 10.3 Å². The van der Waals surface area contributed by atoms with Crippen molar-refractivity contribution in [1.29, 1.82) is 0 Å². The fourth-order valence-corrected chi connectivity index (χ4v) is 3.11. The van der Waals surface area contributed by atoms with Crippen molar-refractivity contribution >= 4 is 29.0 Å². The van der Waals surface area contributed by atoms with E-state index in [1.165, 1.54) is 4.57 Å². The molecule has 3 rings (SSSR count). The van der Waals surface area contributed by atoms with Crippen LogP contribution in [0.5, 0.6) is 0 Å². The quantitative estimate of drug-likeness (QED) is 0.705. The van der Waals surface area contributed by atoms with Crippen LogP contribution in [-0.2, 0) is 6.54 Å².